The topological polar surface area (TPSA) is 9.86 Å². The fourth-order valence-corrected chi connectivity index (χ4v) is 10.6. The van der Waals surface area contributed by atoms with Crippen molar-refractivity contribution in [1.82, 2.24) is 9.13 Å². The number of hydrogen-bond acceptors (Lipinski definition) is 0. The first kappa shape index (κ1) is 28.4. The van der Waals surface area contributed by atoms with E-state index in [0.29, 0.717) is 0 Å². The molecule has 0 radical (unpaired) electrons. The number of rotatable bonds is 4. The van der Waals surface area contributed by atoms with Crippen molar-refractivity contribution in [2.45, 2.75) is 0 Å². The number of hydrogen-bond donors (Lipinski definition) is 0. The molecule has 0 aliphatic carbocycles. The van der Waals surface area contributed by atoms with Crippen molar-refractivity contribution in [1.29, 1.82) is 0 Å². The zero-order valence-electron chi connectivity index (χ0n) is 27.9. The van der Waals surface area contributed by atoms with E-state index >= 15 is 0 Å². The van der Waals surface area contributed by atoms with Crippen LogP contribution in [-0.2, 0) is 0 Å². The Morgan fingerprint density at radius 3 is 1.33 bits per heavy atom. The lowest BCUT2D eigenvalue weighted by Gasteiger charge is -2.09. The highest BCUT2D eigenvalue weighted by atomic mass is 28.2. The molecule has 0 amide bonds. The Morgan fingerprint density at radius 2 is 0.725 bits per heavy atom. The van der Waals surface area contributed by atoms with Gasteiger partial charge in [-0.25, -0.2) is 0 Å². The van der Waals surface area contributed by atoms with E-state index < -0.39 is 9.52 Å². The zero-order chi connectivity index (χ0) is 33.5. The van der Waals surface area contributed by atoms with Gasteiger partial charge >= 0.3 is 0 Å². The van der Waals surface area contributed by atoms with Gasteiger partial charge in [0.05, 0.1) is 31.6 Å². The lowest BCUT2D eigenvalue weighted by atomic mass is 9.98. The van der Waals surface area contributed by atoms with Crippen molar-refractivity contribution in [3.63, 3.8) is 0 Å². The van der Waals surface area contributed by atoms with Gasteiger partial charge in [-0.05, 0) is 100 Å². The van der Waals surface area contributed by atoms with Crippen molar-refractivity contribution >= 4 is 63.5 Å². The van der Waals surface area contributed by atoms with Crippen LogP contribution in [0.3, 0.4) is 0 Å². The molecule has 1 aliphatic heterocycles. The highest BCUT2D eigenvalue weighted by Crippen LogP contribution is 2.39. The molecular weight excluding hydrogens is 633 g/mol. The van der Waals surface area contributed by atoms with Crippen LogP contribution in [0.4, 0.5) is 0 Å². The molecular formula is C48H32N2Si. The van der Waals surface area contributed by atoms with Crippen molar-refractivity contribution in [3.05, 3.63) is 182 Å². The van der Waals surface area contributed by atoms with E-state index in [-0.39, 0.29) is 0 Å². The number of fused-ring (bicyclic) bond motifs is 9. The molecule has 0 saturated heterocycles. The van der Waals surface area contributed by atoms with Crippen LogP contribution in [-0.4, -0.2) is 18.7 Å². The largest absolute Gasteiger partial charge is 0.309 e. The number of aromatic nitrogens is 2. The standard InChI is InChI=1S/C48H32N2Si/c1-3-11-35(12-4-1)49-43-17-9-7-15-37(43)40-27-31(20-24-44(40)49)32-21-25-45-41(28-32)42-29-33(22-26-46(42)50(45)36-13-5-2-6-14-36)34-19-23-39-38-16-8-10-18-47(38)51-48(39)30-34/h1-30H,51H2. The lowest BCUT2D eigenvalue weighted by Crippen LogP contribution is -2.20. The molecule has 2 nitrogen and oxygen atoms in total. The molecule has 0 unspecified atom stereocenters. The van der Waals surface area contributed by atoms with Crippen LogP contribution in [0.2, 0.25) is 0 Å². The summed E-state index contributed by atoms with van der Waals surface area (Å²) in [5.74, 6) is 0. The number of benzene rings is 8. The van der Waals surface area contributed by atoms with Crippen molar-refractivity contribution < 1.29 is 0 Å². The third-order valence-electron chi connectivity index (χ3n) is 10.9. The monoisotopic (exact) mass is 664 g/mol. The van der Waals surface area contributed by atoms with Gasteiger partial charge in [-0.15, -0.1) is 0 Å². The SMILES string of the molecule is c1ccc(-n2c3ccccc3c3cc(-c4ccc5c(c4)c4cc(-c6ccc7c(c6)[SiH2]c6ccccc6-7)ccc4n5-c4ccccc4)ccc32)cc1. The lowest BCUT2D eigenvalue weighted by molar-refractivity contribution is 1.18. The van der Waals surface area contributed by atoms with Crippen LogP contribution >= 0.6 is 0 Å². The summed E-state index contributed by atoms with van der Waals surface area (Å²) in [6.07, 6.45) is 0. The molecule has 3 heteroatoms. The summed E-state index contributed by atoms with van der Waals surface area (Å²) in [5.41, 5.74) is 15.1. The van der Waals surface area contributed by atoms with E-state index in [4.69, 9.17) is 0 Å². The number of para-hydroxylation sites is 3. The zero-order valence-corrected chi connectivity index (χ0v) is 29.3. The van der Waals surface area contributed by atoms with E-state index in [1.54, 1.807) is 10.4 Å². The summed E-state index contributed by atoms with van der Waals surface area (Å²) in [6.45, 7) is 0. The van der Waals surface area contributed by atoms with Gasteiger partial charge in [0.1, 0.15) is 0 Å². The quantitative estimate of drug-likeness (QED) is 0.166. The Hall–Kier alpha value is -6.42. The maximum atomic E-state index is 2.46. The van der Waals surface area contributed by atoms with Crippen molar-refractivity contribution in [3.8, 4) is 44.8 Å². The van der Waals surface area contributed by atoms with Gasteiger partial charge < -0.3 is 9.13 Å². The average Bonchev–Trinajstić information content (AvgIpc) is 3.85. The normalized spacial score (nSPS) is 12.7. The first-order chi connectivity index (χ1) is 25.3. The fourth-order valence-electron chi connectivity index (χ4n) is 8.57. The van der Waals surface area contributed by atoms with Gasteiger partial charge in [0.2, 0.25) is 0 Å². The molecule has 10 aromatic rings. The Labute approximate surface area is 298 Å². The Morgan fingerprint density at radius 1 is 0.294 bits per heavy atom. The Bertz CT molecular complexity index is 2990. The summed E-state index contributed by atoms with van der Waals surface area (Å²) in [5, 5.41) is 8.18. The smallest absolute Gasteiger partial charge is 0.0891 e. The molecule has 8 aromatic carbocycles. The van der Waals surface area contributed by atoms with Crippen molar-refractivity contribution in [2.75, 3.05) is 0 Å². The van der Waals surface area contributed by atoms with Gasteiger partial charge in [0.15, 0.2) is 0 Å². The van der Waals surface area contributed by atoms with Gasteiger partial charge in [0, 0.05) is 32.9 Å². The summed E-state index contributed by atoms with van der Waals surface area (Å²) >= 11 is 0. The summed E-state index contributed by atoms with van der Waals surface area (Å²) < 4.78 is 4.80. The fraction of sp³-hybridized carbons (Fsp3) is 0. The first-order valence-electron chi connectivity index (χ1n) is 17.7. The van der Waals surface area contributed by atoms with Crippen LogP contribution in [0.1, 0.15) is 0 Å². The number of nitrogens with zero attached hydrogens (tertiary/aromatic N) is 2. The molecule has 0 atom stereocenters. The van der Waals surface area contributed by atoms with E-state index in [2.05, 4.69) is 191 Å². The van der Waals surface area contributed by atoms with E-state index in [1.807, 2.05) is 0 Å². The summed E-state index contributed by atoms with van der Waals surface area (Å²) in [7, 11) is -0.475. The third-order valence-corrected chi connectivity index (χ3v) is 12.9. The second kappa shape index (κ2) is 11.0. The molecule has 0 spiro atoms. The molecule has 2 aromatic heterocycles. The minimum absolute atomic E-state index is 0.475. The predicted octanol–water partition coefficient (Wildman–Crippen LogP) is 10.3. The molecule has 238 valence electrons. The van der Waals surface area contributed by atoms with Crippen LogP contribution in [0.5, 0.6) is 0 Å². The highest BCUT2D eigenvalue weighted by molar-refractivity contribution is 6.73. The average molecular weight is 665 g/mol. The van der Waals surface area contributed by atoms with Gasteiger partial charge in [-0.3, -0.25) is 0 Å². The molecule has 3 heterocycles. The first-order valence-corrected chi connectivity index (χ1v) is 19.1. The van der Waals surface area contributed by atoms with Crippen LogP contribution < -0.4 is 10.4 Å². The Kier molecular flexibility index (Phi) is 6.15. The summed E-state index contributed by atoms with van der Waals surface area (Å²) in [4.78, 5) is 0. The van der Waals surface area contributed by atoms with Crippen LogP contribution in [0, 0.1) is 0 Å². The van der Waals surface area contributed by atoms with E-state index in [0.717, 1.165) is 0 Å². The van der Waals surface area contributed by atoms with E-state index in [1.165, 1.54) is 88.4 Å². The van der Waals surface area contributed by atoms with Gasteiger partial charge in [-0.2, -0.15) is 0 Å². The molecule has 0 saturated carbocycles. The molecule has 0 fully saturated rings. The third kappa shape index (κ3) is 4.35. The minimum Gasteiger partial charge on any atom is -0.309 e. The van der Waals surface area contributed by atoms with Gasteiger partial charge in [-0.1, -0.05) is 126 Å². The van der Waals surface area contributed by atoms with E-state index in [9.17, 15) is 0 Å². The minimum atomic E-state index is -0.475. The maximum absolute atomic E-state index is 2.46. The maximum Gasteiger partial charge on any atom is 0.0891 e. The molecule has 51 heavy (non-hydrogen) atoms. The molecule has 1 aliphatic rings. The second-order valence-electron chi connectivity index (χ2n) is 13.8. The Balaban J connectivity index is 1.10. The molecule has 0 N–H and O–H groups in total. The highest BCUT2D eigenvalue weighted by Gasteiger charge is 2.20. The summed E-state index contributed by atoms with van der Waals surface area (Å²) in [6, 6.07) is 67.3. The molecule has 11 rings (SSSR count). The van der Waals surface area contributed by atoms with Crippen molar-refractivity contribution in [2.24, 2.45) is 0 Å². The predicted molar refractivity (Wildman–Crippen MR) is 219 cm³/mol. The molecule has 0 bridgehead atoms. The second-order valence-corrected chi connectivity index (χ2v) is 15.6. The van der Waals surface area contributed by atoms with Gasteiger partial charge in [0.25, 0.3) is 0 Å². The van der Waals surface area contributed by atoms with Crippen LogP contribution in [0.25, 0.3) is 88.4 Å². The van der Waals surface area contributed by atoms with Crippen LogP contribution in [0.15, 0.2) is 182 Å².